The van der Waals surface area contributed by atoms with Crippen LogP contribution in [0.25, 0.3) is 0 Å². The van der Waals surface area contributed by atoms with E-state index in [-0.39, 0.29) is 5.82 Å². The van der Waals surface area contributed by atoms with E-state index in [4.69, 9.17) is 0 Å². The van der Waals surface area contributed by atoms with Crippen molar-refractivity contribution in [3.8, 4) is 0 Å². The molecule has 1 heterocycles. The van der Waals surface area contributed by atoms with E-state index in [1.54, 1.807) is 6.07 Å². The molecule has 5 heteroatoms. The molecule has 0 aliphatic carbocycles. The van der Waals surface area contributed by atoms with Crippen LogP contribution in [0.4, 0.5) is 16.2 Å². The van der Waals surface area contributed by atoms with E-state index in [0.29, 0.717) is 12.5 Å². The second-order valence-corrected chi connectivity index (χ2v) is 4.23. The summed E-state index contributed by atoms with van der Waals surface area (Å²) in [6.45, 7) is 5.20. The van der Waals surface area contributed by atoms with Gasteiger partial charge >= 0.3 is 0 Å². The summed E-state index contributed by atoms with van der Waals surface area (Å²) in [5, 5.41) is 6.24. The number of hydrogen-bond donors (Lipinski definition) is 2. The fraction of sp³-hybridized carbons (Fsp3) is 0.286. The van der Waals surface area contributed by atoms with Crippen molar-refractivity contribution in [1.82, 2.24) is 9.97 Å². The average Bonchev–Trinajstić information content (AvgIpc) is 2.36. The molecule has 4 nitrogen and oxygen atoms in total. The minimum Gasteiger partial charge on any atom is -0.366 e. The second-order valence-electron chi connectivity index (χ2n) is 4.23. The van der Waals surface area contributed by atoms with Crippen molar-refractivity contribution in [2.75, 3.05) is 17.2 Å². The van der Waals surface area contributed by atoms with Gasteiger partial charge in [-0.05, 0) is 31.5 Å². The molecule has 2 aromatic rings. The van der Waals surface area contributed by atoms with Crippen molar-refractivity contribution in [3.05, 3.63) is 47.4 Å². The van der Waals surface area contributed by atoms with E-state index in [1.807, 2.05) is 26.0 Å². The highest BCUT2D eigenvalue weighted by atomic mass is 19.1. The first-order chi connectivity index (χ1) is 9.17. The number of aryl methyl sites for hydroxylation is 1. The zero-order chi connectivity index (χ0) is 13.7. The van der Waals surface area contributed by atoms with E-state index in [2.05, 4.69) is 20.6 Å². The van der Waals surface area contributed by atoms with Crippen LogP contribution in [-0.4, -0.2) is 16.5 Å². The Morgan fingerprint density at radius 1 is 1.16 bits per heavy atom. The van der Waals surface area contributed by atoms with E-state index >= 15 is 0 Å². The SMILES string of the molecule is CCNc1nc(C)cc(NCc2cccc(F)c2)n1. The van der Waals surface area contributed by atoms with Gasteiger partial charge in [0.05, 0.1) is 0 Å². The van der Waals surface area contributed by atoms with Crippen molar-refractivity contribution < 1.29 is 4.39 Å². The first-order valence-electron chi connectivity index (χ1n) is 6.25. The fourth-order valence-electron chi connectivity index (χ4n) is 1.74. The summed E-state index contributed by atoms with van der Waals surface area (Å²) in [6.07, 6.45) is 0. The molecule has 0 spiro atoms. The van der Waals surface area contributed by atoms with Gasteiger partial charge in [0, 0.05) is 24.8 Å². The summed E-state index contributed by atoms with van der Waals surface area (Å²) in [5.41, 5.74) is 1.76. The topological polar surface area (TPSA) is 49.8 Å². The Morgan fingerprint density at radius 3 is 2.74 bits per heavy atom. The molecule has 0 saturated heterocycles. The zero-order valence-corrected chi connectivity index (χ0v) is 11.1. The number of anilines is 2. The smallest absolute Gasteiger partial charge is 0.224 e. The maximum Gasteiger partial charge on any atom is 0.224 e. The Bertz CT molecular complexity index is 557. The summed E-state index contributed by atoms with van der Waals surface area (Å²) in [5.74, 6) is 1.10. The average molecular weight is 260 g/mol. The Hall–Kier alpha value is -2.17. The lowest BCUT2D eigenvalue weighted by Gasteiger charge is -2.09. The number of nitrogens with zero attached hydrogens (tertiary/aromatic N) is 2. The van der Waals surface area contributed by atoms with Crippen LogP contribution < -0.4 is 10.6 Å². The quantitative estimate of drug-likeness (QED) is 0.867. The van der Waals surface area contributed by atoms with Crippen molar-refractivity contribution in [1.29, 1.82) is 0 Å². The van der Waals surface area contributed by atoms with E-state index in [9.17, 15) is 4.39 Å². The van der Waals surface area contributed by atoms with Gasteiger partial charge in [-0.25, -0.2) is 9.37 Å². The number of halogens is 1. The van der Waals surface area contributed by atoms with Crippen LogP contribution >= 0.6 is 0 Å². The van der Waals surface area contributed by atoms with Gasteiger partial charge in [0.2, 0.25) is 5.95 Å². The third-order valence-electron chi connectivity index (χ3n) is 2.55. The molecular formula is C14H17FN4. The van der Waals surface area contributed by atoms with Gasteiger partial charge < -0.3 is 10.6 Å². The van der Waals surface area contributed by atoms with Gasteiger partial charge in [-0.2, -0.15) is 4.98 Å². The maximum atomic E-state index is 13.1. The molecule has 0 fully saturated rings. The van der Waals surface area contributed by atoms with E-state index in [1.165, 1.54) is 12.1 Å². The highest BCUT2D eigenvalue weighted by molar-refractivity contribution is 5.42. The lowest BCUT2D eigenvalue weighted by Crippen LogP contribution is -2.07. The van der Waals surface area contributed by atoms with E-state index in [0.717, 1.165) is 23.6 Å². The predicted molar refractivity (Wildman–Crippen MR) is 74.7 cm³/mol. The molecule has 0 aliphatic heterocycles. The molecule has 0 amide bonds. The van der Waals surface area contributed by atoms with Crippen LogP contribution in [0.5, 0.6) is 0 Å². The normalized spacial score (nSPS) is 10.3. The summed E-state index contributed by atoms with van der Waals surface area (Å²) in [7, 11) is 0. The lowest BCUT2D eigenvalue weighted by molar-refractivity contribution is 0.626. The molecule has 0 bridgehead atoms. The molecule has 0 atom stereocenters. The van der Waals surface area contributed by atoms with E-state index < -0.39 is 0 Å². The third-order valence-corrected chi connectivity index (χ3v) is 2.55. The highest BCUT2D eigenvalue weighted by Gasteiger charge is 2.01. The van der Waals surface area contributed by atoms with Crippen molar-refractivity contribution in [3.63, 3.8) is 0 Å². The summed E-state index contributed by atoms with van der Waals surface area (Å²) in [4.78, 5) is 8.60. The van der Waals surface area contributed by atoms with Gasteiger partial charge in [0.15, 0.2) is 0 Å². The molecule has 0 saturated carbocycles. The van der Waals surface area contributed by atoms with Gasteiger partial charge in [0.1, 0.15) is 11.6 Å². The Balaban J connectivity index is 2.06. The molecule has 1 aromatic heterocycles. The molecule has 0 radical (unpaired) electrons. The first kappa shape index (κ1) is 13.3. The second kappa shape index (κ2) is 6.13. The molecule has 19 heavy (non-hydrogen) atoms. The maximum absolute atomic E-state index is 13.1. The Kier molecular flexibility index (Phi) is 4.28. The van der Waals surface area contributed by atoms with Gasteiger partial charge in [-0.3, -0.25) is 0 Å². The summed E-state index contributed by atoms with van der Waals surface area (Å²) in [6, 6.07) is 8.37. The number of hydrogen-bond acceptors (Lipinski definition) is 4. The lowest BCUT2D eigenvalue weighted by atomic mass is 10.2. The minimum atomic E-state index is -0.230. The van der Waals surface area contributed by atoms with Crippen LogP contribution in [0.2, 0.25) is 0 Å². The molecule has 2 N–H and O–H groups in total. The van der Waals surface area contributed by atoms with Crippen molar-refractivity contribution in [2.45, 2.75) is 20.4 Å². The number of benzene rings is 1. The standard InChI is InChI=1S/C14H17FN4/c1-3-16-14-18-10(2)7-13(19-14)17-9-11-5-4-6-12(15)8-11/h4-8H,3,9H2,1-2H3,(H2,16,17,18,19). The van der Waals surface area contributed by atoms with Gasteiger partial charge in [0.25, 0.3) is 0 Å². The summed E-state index contributed by atoms with van der Waals surface area (Å²) >= 11 is 0. The monoisotopic (exact) mass is 260 g/mol. The van der Waals surface area contributed by atoms with Crippen LogP contribution in [0.3, 0.4) is 0 Å². The van der Waals surface area contributed by atoms with Crippen LogP contribution in [-0.2, 0) is 6.54 Å². The predicted octanol–water partition coefficient (Wildman–Crippen LogP) is 2.97. The number of aromatic nitrogens is 2. The van der Waals surface area contributed by atoms with Crippen molar-refractivity contribution >= 4 is 11.8 Å². The third kappa shape index (κ3) is 3.91. The molecule has 0 aliphatic rings. The first-order valence-corrected chi connectivity index (χ1v) is 6.25. The molecular weight excluding hydrogens is 243 g/mol. The van der Waals surface area contributed by atoms with Gasteiger partial charge in [-0.1, -0.05) is 12.1 Å². The Labute approximate surface area is 112 Å². The molecule has 1 aromatic carbocycles. The van der Waals surface area contributed by atoms with Gasteiger partial charge in [-0.15, -0.1) is 0 Å². The van der Waals surface area contributed by atoms with Crippen LogP contribution in [0, 0.1) is 12.7 Å². The Morgan fingerprint density at radius 2 is 2.00 bits per heavy atom. The molecule has 100 valence electrons. The fourth-order valence-corrected chi connectivity index (χ4v) is 1.74. The highest BCUT2D eigenvalue weighted by Crippen LogP contribution is 2.11. The largest absolute Gasteiger partial charge is 0.366 e. The van der Waals surface area contributed by atoms with Crippen LogP contribution in [0.1, 0.15) is 18.2 Å². The molecule has 2 rings (SSSR count). The van der Waals surface area contributed by atoms with Crippen molar-refractivity contribution in [2.24, 2.45) is 0 Å². The summed E-state index contributed by atoms with van der Waals surface area (Å²) < 4.78 is 13.1. The number of rotatable bonds is 5. The minimum absolute atomic E-state index is 0.230. The van der Waals surface area contributed by atoms with Crippen LogP contribution in [0.15, 0.2) is 30.3 Å². The molecule has 0 unspecified atom stereocenters. The number of nitrogens with one attached hydrogen (secondary N) is 2. The zero-order valence-electron chi connectivity index (χ0n) is 11.1.